The number of hydrogen-bond donors (Lipinski definition) is 2. The van der Waals surface area contributed by atoms with Crippen molar-refractivity contribution in [2.24, 2.45) is 0 Å². The fraction of sp³-hybridized carbons (Fsp3) is 0.190. The molecule has 1 aliphatic carbocycles. The Labute approximate surface area is 176 Å². The standard InChI is InChI=1S/C21H16Cl2N4O2/c22-12-7-8-14(15(23)10-12)20-25-21-24-16-5-2-6-17(29)18(16)19(27(21)26-20)11-3-1-4-13(28)9-11/h1,3-4,7-10,19,28H,2,5-6H2,(H,24,25,26)/t19-/m1/s1. The highest BCUT2D eigenvalue weighted by Crippen LogP contribution is 2.41. The molecule has 8 heteroatoms. The lowest BCUT2D eigenvalue weighted by atomic mass is 9.85. The minimum absolute atomic E-state index is 0.0827. The first-order chi connectivity index (χ1) is 14.0. The minimum atomic E-state index is -0.464. The fourth-order valence-electron chi connectivity index (χ4n) is 3.94. The van der Waals surface area contributed by atoms with Crippen LogP contribution in [-0.4, -0.2) is 25.7 Å². The average Bonchev–Trinajstić information content (AvgIpc) is 3.09. The summed E-state index contributed by atoms with van der Waals surface area (Å²) in [5, 5.41) is 18.9. The van der Waals surface area contributed by atoms with Gasteiger partial charge in [-0.25, -0.2) is 4.68 Å². The zero-order valence-corrected chi connectivity index (χ0v) is 16.7. The van der Waals surface area contributed by atoms with Gasteiger partial charge in [0, 0.05) is 28.3 Å². The maximum atomic E-state index is 12.8. The van der Waals surface area contributed by atoms with E-state index in [0.29, 0.717) is 39.4 Å². The van der Waals surface area contributed by atoms with Crippen LogP contribution < -0.4 is 5.32 Å². The molecule has 1 atom stereocenters. The monoisotopic (exact) mass is 426 g/mol. The van der Waals surface area contributed by atoms with Gasteiger partial charge in [-0.15, -0.1) is 5.10 Å². The van der Waals surface area contributed by atoms with Crippen LogP contribution in [0.5, 0.6) is 5.75 Å². The van der Waals surface area contributed by atoms with Crippen molar-refractivity contribution in [2.45, 2.75) is 25.3 Å². The number of halogens is 2. The van der Waals surface area contributed by atoms with E-state index in [9.17, 15) is 9.90 Å². The molecule has 29 heavy (non-hydrogen) atoms. The number of phenols is 1. The predicted molar refractivity (Wildman–Crippen MR) is 111 cm³/mol. The largest absolute Gasteiger partial charge is 0.508 e. The summed E-state index contributed by atoms with van der Waals surface area (Å²) >= 11 is 12.4. The number of rotatable bonds is 2. The Morgan fingerprint density at radius 2 is 2.00 bits per heavy atom. The molecule has 0 unspecified atom stereocenters. The molecule has 0 amide bonds. The second kappa shape index (κ2) is 6.90. The van der Waals surface area contributed by atoms with Crippen LogP contribution in [0.3, 0.4) is 0 Å². The number of benzene rings is 2. The molecule has 1 aromatic heterocycles. The predicted octanol–water partition coefficient (Wildman–Crippen LogP) is 4.98. The van der Waals surface area contributed by atoms with Crippen molar-refractivity contribution in [3.8, 4) is 17.1 Å². The number of Topliss-reactive ketones (excluding diaryl/α,β-unsaturated/α-hetero) is 1. The number of nitrogens with zero attached hydrogens (tertiary/aromatic N) is 3. The fourth-order valence-corrected chi connectivity index (χ4v) is 4.44. The molecule has 0 bridgehead atoms. The molecule has 146 valence electrons. The molecule has 3 aromatic rings. The Kier molecular flexibility index (Phi) is 4.33. The minimum Gasteiger partial charge on any atom is -0.508 e. The van der Waals surface area contributed by atoms with E-state index in [0.717, 1.165) is 24.1 Å². The van der Waals surface area contributed by atoms with E-state index in [1.165, 1.54) is 0 Å². The first-order valence-electron chi connectivity index (χ1n) is 9.25. The number of aromatic nitrogens is 3. The van der Waals surface area contributed by atoms with Crippen LogP contribution >= 0.6 is 23.2 Å². The number of carbonyl (C=O) groups is 1. The Hall–Kier alpha value is -2.83. The zero-order chi connectivity index (χ0) is 20.1. The summed E-state index contributed by atoms with van der Waals surface area (Å²) in [6.45, 7) is 0. The van der Waals surface area contributed by atoms with Gasteiger partial charge >= 0.3 is 0 Å². The molecular weight excluding hydrogens is 411 g/mol. The summed E-state index contributed by atoms with van der Waals surface area (Å²) in [4.78, 5) is 17.4. The number of allylic oxidation sites excluding steroid dienone is 2. The number of aromatic hydroxyl groups is 1. The summed E-state index contributed by atoms with van der Waals surface area (Å²) in [6.07, 6.45) is 2.05. The Morgan fingerprint density at radius 3 is 2.79 bits per heavy atom. The maximum absolute atomic E-state index is 12.8. The van der Waals surface area contributed by atoms with Crippen LogP contribution in [0.1, 0.15) is 30.9 Å². The highest BCUT2D eigenvalue weighted by atomic mass is 35.5. The molecule has 2 aromatic carbocycles. The maximum Gasteiger partial charge on any atom is 0.226 e. The number of ketones is 1. The van der Waals surface area contributed by atoms with Crippen molar-refractivity contribution in [2.75, 3.05) is 5.32 Å². The number of carbonyl (C=O) groups excluding carboxylic acids is 1. The van der Waals surface area contributed by atoms with Gasteiger partial charge < -0.3 is 10.4 Å². The van der Waals surface area contributed by atoms with Gasteiger partial charge in [-0.05, 0) is 48.7 Å². The molecule has 0 saturated heterocycles. The van der Waals surface area contributed by atoms with E-state index in [-0.39, 0.29) is 11.5 Å². The van der Waals surface area contributed by atoms with Gasteiger partial charge in [-0.3, -0.25) is 4.79 Å². The van der Waals surface area contributed by atoms with Crippen LogP contribution in [0.15, 0.2) is 53.7 Å². The summed E-state index contributed by atoms with van der Waals surface area (Å²) < 4.78 is 1.69. The summed E-state index contributed by atoms with van der Waals surface area (Å²) in [5.41, 5.74) is 2.96. The highest BCUT2D eigenvalue weighted by Gasteiger charge is 2.37. The Bertz CT molecular complexity index is 1190. The lowest BCUT2D eigenvalue weighted by molar-refractivity contribution is -0.116. The van der Waals surface area contributed by atoms with Crippen molar-refractivity contribution < 1.29 is 9.90 Å². The first-order valence-corrected chi connectivity index (χ1v) is 10.0. The molecule has 0 spiro atoms. The van der Waals surface area contributed by atoms with Crippen molar-refractivity contribution >= 4 is 34.9 Å². The Morgan fingerprint density at radius 1 is 1.14 bits per heavy atom. The van der Waals surface area contributed by atoms with Crippen molar-refractivity contribution in [3.63, 3.8) is 0 Å². The molecular formula is C21H16Cl2N4O2. The van der Waals surface area contributed by atoms with Crippen LogP contribution in [0.25, 0.3) is 11.4 Å². The van der Waals surface area contributed by atoms with E-state index in [2.05, 4.69) is 15.4 Å². The van der Waals surface area contributed by atoms with Crippen LogP contribution in [0.2, 0.25) is 10.0 Å². The second-order valence-electron chi connectivity index (χ2n) is 7.12. The van der Waals surface area contributed by atoms with E-state index in [4.69, 9.17) is 23.2 Å². The summed E-state index contributed by atoms with van der Waals surface area (Å²) in [7, 11) is 0. The van der Waals surface area contributed by atoms with Crippen molar-refractivity contribution in [3.05, 3.63) is 69.3 Å². The lowest BCUT2D eigenvalue weighted by Crippen LogP contribution is -2.31. The average molecular weight is 427 g/mol. The molecule has 2 N–H and O–H groups in total. The highest BCUT2D eigenvalue weighted by molar-refractivity contribution is 6.36. The van der Waals surface area contributed by atoms with E-state index < -0.39 is 6.04 Å². The van der Waals surface area contributed by atoms with Crippen molar-refractivity contribution in [1.82, 2.24) is 14.8 Å². The second-order valence-corrected chi connectivity index (χ2v) is 7.96. The molecule has 0 saturated carbocycles. The van der Waals surface area contributed by atoms with Gasteiger partial charge in [0.2, 0.25) is 5.95 Å². The third-order valence-electron chi connectivity index (χ3n) is 5.23. The number of hydrogen-bond acceptors (Lipinski definition) is 5. The number of nitrogens with one attached hydrogen (secondary N) is 1. The quantitative estimate of drug-likeness (QED) is 0.603. The molecule has 6 nitrogen and oxygen atoms in total. The number of phenolic OH excluding ortho intramolecular Hbond substituents is 1. The molecule has 0 fully saturated rings. The SMILES string of the molecule is O=C1CCCC2=C1[C@@H](c1cccc(O)c1)n1nc(-c3ccc(Cl)cc3Cl)nc1N2. The van der Waals surface area contributed by atoms with E-state index in [1.54, 1.807) is 41.1 Å². The first kappa shape index (κ1) is 18.2. The van der Waals surface area contributed by atoms with E-state index in [1.807, 2.05) is 6.07 Å². The zero-order valence-electron chi connectivity index (χ0n) is 15.2. The van der Waals surface area contributed by atoms with Gasteiger partial charge in [-0.2, -0.15) is 4.98 Å². The Balaban J connectivity index is 1.69. The van der Waals surface area contributed by atoms with Crippen molar-refractivity contribution in [1.29, 1.82) is 0 Å². The third-order valence-corrected chi connectivity index (χ3v) is 5.77. The molecule has 2 heterocycles. The van der Waals surface area contributed by atoms with Crippen LogP contribution in [-0.2, 0) is 4.79 Å². The van der Waals surface area contributed by atoms with Gasteiger partial charge in [-0.1, -0.05) is 35.3 Å². The normalized spacial score (nSPS) is 18.3. The smallest absolute Gasteiger partial charge is 0.226 e. The summed E-state index contributed by atoms with van der Waals surface area (Å²) in [5.74, 6) is 1.19. The summed E-state index contributed by atoms with van der Waals surface area (Å²) in [6, 6.07) is 11.6. The topological polar surface area (TPSA) is 80.0 Å². The van der Waals surface area contributed by atoms with Gasteiger partial charge in [0.15, 0.2) is 11.6 Å². The third kappa shape index (κ3) is 3.09. The molecule has 0 radical (unpaired) electrons. The van der Waals surface area contributed by atoms with Crippen LogP contribution in [0, 0.1) is 0 Å². The number of fused-ring (bicyclic) bond motifs is 1. The molecule has 1 aliphatic heterocycles. The number of anilines is 1. The van der Waals surface area contributed by atoms with Gasteiger partial charge in [0.05, 0.1) is 5.02 Å². The van der Waals surface area contributed by atoms with E-state index >= 15 is 0 Å². The molecule has 5 rings (SSSR count). The van der Waals surface area contributed by atoms with Crippen LogP contribution in [0.4, 0.5) is 5.95 Å². The van der Waals surface area contributed by atoms with Gasteiger partial charge in [0.25, 0.3) is 0 Å². The molecule has 2 aliphatic rings. The van der Waals surface area contributed by atoms with Gasteiger partial charge in [0.1, 0.15) is 11.8 Å². The lowest BCUT2D eigenvalue weighted by Gasteiger charge is -2.32.